The second-order valence-corrected chi connectivity index (χ2v) is 6.48. The molecule has 1 aliphatic rings. The third-order valence-corrected chi connectivity index (χ3v) is 4.70. The van der Waals surface area contributed by atoms with E-state index in [9.17, 15) is 0 Å². The van der Waals surface area contributed by atoms with Gasteiger partial charge in [0.1, 0.15) is 0 Å². The van der Waals surface area contributed by atoms with Gasteiger partial charge in [0.25, 0.3) is 0 Å². The lowest BCUT2D eigenvalue weighted by Gasteiger charge is -2.41. The zero-order valence-corrected chi connectivity index (χ0v) is 13.1. The van der Waals surface area contributed by atoms with E-state index >= 15 is 0 Å². The van der Waals surface area contributed by atoms with Crippen LogP contribution in [-0.2, 0) is 0 Å². The Morgan fingerprint density at radius 3 is 2.68 bits per heavy atom. The number of hydrogen-bond donors (Lipinski definition) is 1. The number of piperidine rings is 1. The fraction of sp³-hybridized carbons (Fsp3) is 0.600. The van der Waals surface area contributed by atoms with E-state index in [1.54, 1.807) is 6.07 Å². The van der Waals surface area contributed by atoms with Crippen molar-refractivity contribution in [2.75, 3.05) is 13.1 Å². The van der Waals surface area contributed by atoms with Crippen LogP contribution in [0.5, 0.6) is 0 Å². The van der Waals surface area contributed by atoms with E-state index in [0.717, 1.165) is 18.0 Å². The van der Waals surface area contributed by atoms with Crippen molar-refractivity contribution in [1.82, 2.24) is 4.90 Å². The summed E-state index contributed by atoms with van der Waals surface area (Å²) in [5, 5.41) is 1.39. The van der Waals surface area contributed by atoms with Crippen LogP contribution in [0.2, 0.25) is 10.0 Å². The van der Waals surface area contributed by atoms with Crippen molar-refractivity contribution in [3.63, 3.8) is 0 Å². The molecular formula is C15H22Cl2N2. The van der Waals surface area contributed by atoms with Crippen LogP contribution in [0, 0.1) is 5.92 Å². The smallest absolute Gasteiger partial charge is 0.0488 e. The van der Waals surface area contributed by atoms with Crippen molar-refractivity contribution >= 4 is 23.2 Å². The van der Waals surface area contributed by atoms with Crippen molar-refractivity contribution in [3.05, 3.63) is 33.8 Å². The van der Waals surface area contributed by atoms with Crippen molar-refractivity contribution in [3.8, 4) is 0 Å². The van der Waals surface area contributed by atoms with Crippen LogP contribution in [0.1, 0.15) is 38.3 Å². The highest BCUT2D eigenvalue weighted by Crippen LogP contribution is 2.34. The molecule has 3 atom stereocenters. The Labute approximate surface area is 125 Å². The fourth-order valence-electron chi connectivity index (χ4n) is 3.10. The summed E-state index contributed by atoms with van der Waals surface area (Å²) in [6.45, 7) is 6.27. The Morgan fingerprint density at radius 1 is 1.37 bits per heavy atom. The Kier molecular flexibility index (Phi) is 5.13. The predicted molar refractivity (Wildman–Crippen MR) is 82.8 cm³/mol. The highest BCUT2D eigenvalue weighted by molar-refractivity contribution is 6.35. The lowest BCUT2D eigenvalue weighted by molar-refractivity contribution is 0.0848. The van der Waals surface area contributed by atoms with Gasteiger partial charge in [0.05, 0.1) is 0 Å². The van der Waals surface area contributed by atoms with Crippen molar-refractivity contribution in [2.45, 2.75) is 38.8 Å². The molecule has 0 amide bonds. The number of hydrogen-bond acceptors (Lipinski definition) is 2. The van der Waals surface area contributed by atoms with Crippen LogP contribution in [0.15, 0.2) is 18.2 Å². The maximum absolute atomic E-state index is 6.33. The molecule has 1 aromatic carbocycles. The third-order valence-electron chi connectivity index (χ3n) is 4.13. The van der Waals surface area contributed by atoms with Gasteiger partial charge in [0.15, 0.2) is 0 Å². The van der Waals surface area contributed by atoms with E-state index in [2.05, 4.69) is 18.7 Å². The number of nitrogens with zero attached hydrogens (tertiary/aromatic N) is 1. The summed E-state index contributed by atoms with van der Waals surface area (Å²) in [6, 6.07) is 6.44. The number of benzene rings is 1. The maximum atomic E-state index is 6.33. The van der Waals surface area contributed by atoms with E-state index < -0.39 is 0 Å². The summed E-state index contributed by atoms with van der Waals surface area (Å²) in [4.78, 5) is 2.48. The first-order chi connectivity index (χ1) is 9.02. The second kappa shape index (κ2) is 6.45. The SMILES string of the molecule is CC1CCN(C(CN)c2ccc(Cl)cc2Cl)C(C)C1. The summed E-state index contributed by atoms with van der Waals surface area (Å²) in [5.41, 5.74) is 7.10. The summed E-state index contributed by atoms with van der Waals surface area (Å²) in [6.07, 6.45) is 2.45. The lowest BCUT2D eigenvalue weighted by atomic mass is 9.90. The van der Waals surface area contributed by atoms with Gasteiger partial charge in [-0.2, -0.15) is 0 Å². The van der Waals surface area contributed by atoms with Gasteiger partial charge in [-0.3, -0.25) is 4.90 Å². The molecule has 3 unspecified atom stereocenters. The van der Waals surface area contributed by atoms with Crippen LogP contribution >= 0.6 is 23.2 Å². The molecule has 0 bridgehead atoms. The van der Waals surface area contributed by atoms with Gasteiger partial charge in [-0.05, 0) is 49.9 Å². The van der Waals surface area contributed by atoms with Crippen molar-refractivity contribution in [1.29, 1.82) is 0 Å². The van der Waals surface area contributed by atoms with E-state index in [4.69, 9.17) is 28.9 Å². The number of likely N-dealkylation sites (tertiary alicyclic amines) is 1. The molecular weight excluding hydrogens is 279 g/mol. The molecule has 1 fully saturated rings. The minimum absolute atomic E-state index is 0.187. The molecule has 1 aromatic rings. The van der Waals surface area contributed by atoms with Crippen molar-refractivity contribution < 1.29 is 0 Å². The van der Waals surface area contributed by atoms with Crippen LogP contribution in [0.4, 0.5) is 0 Å². The lowest BCUT2D eigenvalue weighted by Crippen LogP contribution is -2.45. The molecule has 0 aromatic heterocycles. The standard InChI is InChI=1S/C15H22Cl2N2/c1-10-5-6-19(11(2)7-10)15(9-18)13-4-3-12(16)8-14(13)17/h3-4,8,10-11,15H,5-7,9,18H2,1-2H3. The van der Waals surface area contributed by atoms with Gasteiger partial charge in [0.2, 0.25) is 0 Å². The maximum Gasteiger partial charge on any atom is 0.0488 e. The molecule has 2 nitrogen and oxygen atoms in total. The minimum Gasteiger partial charge on any atom is -0.329 e. The number of halogens is 2. The average Bonchev–Trinajstić information content (AvgIpc) is 2.34. The molecule has 1 heterocycles. The van der Waals surface area contributed by atoms with E-state index in [1.807, 2.05) is 12.1 Å². The van der Waals surface area contributed by atoms with Gasteiger partial charge >= 0.3 is 0 Å². The molecule has 1 saturated heterocycles. The molecule has 1 aliphatic heterocycles. The van der Waals surface area contributed by atoms with Crippen LogP contribution in [0.3, 0.4) is 0 Å². The van der Waals surface area contributed by atoms with E-state index in [-0.39, 0.29) is 6.04 Å². The zero-order chi connectivity index (χ0) is 14.0. The molecule has 0 spiro atoms. The summed E-state index contributed by atoms with van der Waals surface area (Å²) in [5.74, 6) is 0.797. The van der Waals surface area contributed by atoms with Gasteiger partial charge in [0, 0.05) is 28.7 Å². The molecule has 2 N–H and O–H groups in total. The van der Waals surface area contributed by atoms with Gasteiger partial charge in [-0.15, -0.1) is 0 Å². The van der Waals surface area contributed by atoms with Crippen LogP contribution in [-0.4, -0.2) is 24.0 Å². The molecule has 2 rings (SSSR count). The largest absolute Gasteiger partial charge is 0.329 e. The molecule has 0 radical (unpaired) electrons. The summed E-state index contributed by atoms with van der Waals surface area (Å²) in [7, 11) is 0. The molecule has 106 valence electrons. The molecule has 19 heavy (non-hydrogen) atoms. The Bertz CT molecular complexity index is 436. The van der Waals surface area contributed by atoms with Gasteiger partial charge < -0.3 is 5.73 Å². The summed E-state index contributed by atoms with van der Waals surface area (Å²) >= 11 is 12.3. The predicted octanol–water partition coefficient (Wildman–Crippen LogP) is 4.11. The van der Waals surface area contributed by atoms with Gasteiger partial charge in [-0.25, -0.2) is 0 Å². The first-order valence-corrected chi connectivity index (χ1v) is 7.69. The average molecular weight is 301 g/mol. The first kappa shape index (κ1) is 15.1. The topological polar surface area (TPSA) is 29.3 Å². The zero-order valence-electron chi connectivity index (χ0n) is 11.6. The van der Waals surface area contributed by atoms with E-state index in [1.165, 1.54) is 12.8 Å². The number of nitrogens with two attached hydrogens (primary N) is 1. The Hall–Kier alpha value is -0.280. The van der Waals surface area contributed by atoms with Gasteiger partial charge in [-0.1, -0.05) is 36.2 Å². The highest BCUT2D eigenvalue weighted by atomic mass is 35.5. The fourth-order valence-corrected chi connectivity index (χ4v) is 3.64. The quantitative estimate of drug-likeness (QED) is 0.910. The molecule has 4 heteroatoms. The molecule has 0 saturated carbocycles. The highest BCUT2D eigenvalue weighted by Gasteiger charge is 2.29. The van der Waals surface area contributed by atoms with E-state index in [0.29, 0.717) is 22.6 Å². The Balaban J connectivity index is 2.24. The number of rotatable bonds is 3. The van der Waals surface area contributed by atoms with Crippen LogP contribution in [0.25, 0.3) is 0 Å². The first-order valence-electron chi connectivity index (χ1n) is 6.93. The second-order valence-electron chi connectivity index (χ2n) is 5.63. The van der Waals surface area contributed by atoms with Crippen molar-refractivity contribution in [2.24, 2.45) is 11.7 Å². The minimum atomic E-state index is 0.187. The third kappa shape index (κ3) is 3.43. The normalized spacial score (nSPS) is 26.4. The van der Waals surface area contributed by atoms with Crippen LogP contribution < -0.4 is 5.73 Å². The molecule has 0 aliphatic carbocycles. The summed E-state index contributed by atoms with van der Waals surface area (Å²) < 4.78 is 0. The Morgan fingerprint density at radius 2 is 2.11 bits per heavy atom. The monoisotopic (exact) mass is 300 g/mol.